The van der Waals surface area contributed by atoms with E-state index in [-0.39, 0.29) is 11.5 Å². The van der Waals surface area contributed by atoms with E-state index in [1.165, 1.54) is 11.1 Å². The second-order valence-electron chi connectivity index (χ2n) is 8.46. The smallest absolute Gasteiger partial charge is 0.261 e. The number of hydrogen-bond donors (Lipinski definition) is 0. The van der Waals surface area contributed by atoms with Gasteiger partial charge in [0.2, 0.25) is 5.91 Å². The predicted molar refractivity (Wildman–Crippen MR) is 123 cm³/mol. The van der Waals surface area contributed by atoms with Crippen LogP contribution in [-0.4, -0.2) is 51.4 Å². The highest BCUT2D eigenvalue weighted by atomic mass is 16.2. The molecule has 1 fully saturated rings. The zero-order chi connectivity index (χ0) is 21.8. The van der Waals surface area contributed by atoms with Crippen LogP contribution in [0.1, 0.15) is 29.5 Å². The molecular formula is C25H30N4O2. The normalized spacial score (nSPS) is 15.2. The highest BCUT2D eigenvalue weighted by molar-refractivity contribution is 5.80. The van der Waals surface area contributed by atoms with Crippen molar-refractivity contribution in [3.05, 3.63) is 75.8 Å². The second-order valence-corrected chi connectivity index (χ2v) is 8.46. The SMILES string of the molecule is Cc1ccc(CN2CCCN(C(=O)CCn3cnc4c(C)cccc4c3=O)CC2)cc1. The molecular weight excluding hydrogens is 388 g/mol. The van der Waals surface area contributed by atoms with Crippen molar-refractivity contribution in [2.45, 2.75) is 39.8 Å². The van der Waals surface area contributed by atoms with E-state index < -0.39 is 0 Å². The van der Waals surface area contributed by atoms with E-state index in [2.05, 4.69) is 41.1 Å². The summed E-state index contributed by atoms with van der Waals surface area (Å²) in [7, 11) is 0. The zero-order valence-corrected chi connectivity index (χ0v) is 18.4. The fourth-order valence-electron chi connectivity index (χ4n) is 4.20. The summed E-state index contributed by atoms with van der Waals surface area (Å²) in [5.41, 5.74) is 4.21. The second kappa shape index (κ2) is 9.43. The lowest BCUT2D eigenvalue weighted by atomic mass is 10.1. The van der Waals surface area contributed by atoms with Crippen molar-refractivity contribution in [1.82, 2.24) is 19.4 Å². The van der Waals surface area contributed by atoms with Gasteiger partial charge in [-0.1, -0.05) is 42.0 Å². The third kappa shape index (κ3) is 5.02. The summed E-state index contributed by atoms with van der Waals surface area (Å²) < 4.78 is 1.56. The molecule has 1 aliphatic heterocycles. The molecule has 2 heterocycles. The van der Waals surface area contributed by atoms with Gasteiger partial charge in [-0.15, -0.1) is 0 Å². The molecule has 6 heteroatoms. The molecule has 0 radical (unpaired) electrons. The molecule has 162 valence electrons. The topological polar surface area (TPSA) is 58.4 Å². The molecule has 0 unspecified atom stereocenters. The van der Waals surface area contributed by atoms with Gasteiger partial charge in [-0.25, -0.2) is 4.98 Å². The van der Waals surface area contributed by atoms with E-state index in [4.69, 9.17) is 0 Å². The van der Waals surface area contributed by atoms with Crippen molar-refractivity contribution < 1.29 is 4.79 Å². The Labute approximate surface area is 183 Å². The number of aromatic nitrogens is 2. The maximum absolute atomic E-state index is 12.8. The number of amides is 1. The Hall–Kier alpha value is -2.99. The van der Waals surface area contributed by atoms with Gasteiger partial charge in [0.15, 0.2) is 0 Å². The van der Waals surface area contributed by atoms with E-state index in [0.29, 0.717) is 18.4 Å². The summed E-state index contributed by atoms with van der Waals surface area (Å²) in [5.74, 6) is 0.105. The maximum atomic E-state index is 12.8. The van der Waals surface area contributed by atoms with Gasteiger partial charge in [-0.05, 0) is 37.5 Å². The third-order valence-electron chi connectivity index (χ3n) is 6.09. The fourth-order valence-corrected chi connectivity index (χ4v) is 4.20. The first kappa shape index (κ1) is 21.2. The van der Waals surface area contributed by atoms with Gasteiger partial charge in [0.05, 0.1) is 17.2 Å². The van der Waals surface area contributed by atoms with Crippen molar-refractivity contribution in [3.63, 3.8) is 0 Å². The number of benzene rings is 2. The Bertz CT molecular complexity index is 1120. The van der Waals surface area contributed by atoms with Gasteiger partial charge in [-0.2, -0.15) is 0 Å². The van der Waals surface area contributed by atoms with Crippen LogP contribution in [0.3, 0.4) is 0 Å². The third-order valence-corrected chi connectivity index (χ3v) is 6.09. The minimum Gasteiger partial charge on any atom is -0.341 e. The lowest BCUT2D eigenvalue weighted by Crippen LogP contribution is -2.36. The van der Waals surface area contributed by atoms with Gasteiger partial charge in [0.25, 0.3) is 5.56 Å². The van der Waals surface area contributed by atoms with Crippen molar-refractivity contribution in [2.75, 3.05) is 26.2 Å². The molecule has 0 spiro atoms. The minimum absolute atomic E-state index is 0.0818. The minimum atomic E-state index is -0.0818. The molecule has 6 nitrogen and oxygen atoms in total. The molecule has 0 bridgehead atoms. The lowest BCUT2D eigenvalue weighted by molar-refractivity contribution is -0.131. The van der Waals surface area contributed by atoms with Crippen LogP contribution in [0.2, 0.25) is 0 Å². The Morgan fingerprint density at radius 2 is 1.81 bits per heavy atom. The van der Waals surface area contributed by atoms with Crippen LogP contribution in [0.4, 0.5) is 0 Å². The van der Waals surface area contributed by atoms with Crippen LogP contribution in [0, 0.1) is 13.8 Å². The number of nitrogens with zero attached hydrogens (tertiary/aromatic N) is 4. The molecule has 3 aromatic rings. The Morgan fingerprint density at radius 1 is 1.00 bits per heavy atom. The maximum Gasteiger partial charge on any atom is 0.261 e. The standard InChI is InChI=1S/C25H30N4O2/c1-19-7-9-21(10-8-19)17-27-12-4-13-28(16-15-27)23(30)11-14-29-18-26-24-20(2)5-3-6-22(24)25(29)31/h3,5-10,18H,4,11-17H2,1-2H3. The fraction of sp³-hybridized carbons (Fsp3) is 0.400. The van der Waals surface area contributed by atoms with Gasteiger partial charge in [0.1, 0.15) is 0 Å². The molecule has 0 atom stereocenters. The largest absolute Gasteiger partial charge is 0.341 e. The van der Waals surface area contributed by atoms with Crippen LogP contribution < -0.4 is 5.56 Å². The first-order valence-electron chi connectivity index (χ1n) is 11.0. The summed E-state index contributed by atoms with van der Waals surface area (Å²) in [5, 5.41) is 0.608. The number of carbonyl (C=O) groups is 1. The Morgan fingerprint density at radius 3 is 2.61 bits per heavy atom. The molecule has 0 N–H and O–H groups in total. The highest BCUT2D eigenvalue weighted by Crippen LogP contribution is 2.13. The predicted octanol–water partition coefficient (Wildman–Crippen LogP) is 3.14. The van der Waals surface area contributed by atoms with Gasteiger partial charge in [0, 0.05) is 45.7 Å². The molecule has 1 aromatic heterocycles. The van der Waals surface area contributed by atoms with Crippen LogP contribution >= 0.6 is 0 Å². The number of rotatable bonds is 5. The summed E-state index contributed by atoms with van der Waals surface area (Å²) in [4.78, 5) is 34.4. The van der Waals surface area contributed by atoms with E-state index in [9.17, 15) is 9.59 Å². The van der Waals surface area contributed by atoms with Crippen LogP contribution in [-0.2, 0) is 17.9 Å². The van der Waals surface area contributed by atoms with Crippen LogP contribution in [0.15, 0.2) is 53.6 Å². The van der Waals surface area contributed by atoms with E-state index in [1.807, 2.05) is 24.0 Å². The zero-order valence-electron chi connectivity index (χ0n) is 18.4. The average Bonchev–Trinajstić information content (AvgIpc) is 3.01. The molecule has 1 amide bonds. The molecule has 1 saturated heterocycles. The Balaban J connectivity index is 1.34. The summed E-state index contributed by atoms with van der Waals surface area (Å²) in [6.45, 7) is 8.69. The monoisotopic (exact) mass is 418 g/mol. The first-order valence-corrected chi connectivity index (χ1v) is 11.0. The first-order chi connectivity index (χ1) is 15.0. The number of carbonyl (C=O) groups excluding carboxylic acids is 1. The number of fused-ring (bicyclic) bond motifs is 1. The summed E-state index contributed by atoms with van der Waals surface area (Å²) in [6.07, 6.45) is 2.85. The van der Waals surface area contributed by atoms with Crippen LogP contribution in [0.5, 0.6) is 0 Å². The van der Waals surface area contributed by atoms with Gasteiger partial charge in [-0.3, -0.25) is 19.1 Å². The number of para-hydroxylation sites is 1. The average molecular weight is 419 g/mol. The Kier molecular flexibility index (Phi) is 6.47. The van der Waals surface area contributed by atoms with Crippen molar-refractivity contribution in [3.8, 4) is 0 Å². The van der Waals surface area contributed by atoms with Crippen LogP contribution in [0.25, 0.3) is 10.9 Å². The number of aryl methyl sites for hydroxylation is 3. The van der Waals surface area contributed by atoms with E-state index in [0.717, 1.165) is 50.2 Å². The van der Waals surface area contributed by atoms with Gasteiger partial charge >= 0.3 is 0 Å². The molecule has 4 rings (SSSR count). The van der Waals surface area contributed by atoms with Crippen molar-refractivity contribution in [1.29, 1.82) is 0 Å². The lowest BCUT2D eigenvalue weighted by Gasteiger charge is -2.22. The van der Waals surface area contributed by atoms with Crippen molar-refractivity contribution in [2.24, 2.45) is 0 Å². The molecule has 0 aliphatic carbocycles. The van der Waals surface area contributed by atoms with Gasteiger partial charge < -0.3 is 4.90 Å². The molecule has 31 heavy (non-hydrogen) atoms. The van der Waals surface area contributed by atoms with E-state index in [1.54, 1.807) is 17.0 Å². The molecule has 2 aromatic carbocycles. The molecule has 1 aliphatic rings. The van der Waals surface area contributed by atoms with Crippen molar-refractivity contribution >= 4 is 16.8 Å². The highest BCUT2D eigenvalue weighted by Gasteiger charge is 2.19. The van der Waals surface area contributed by atoms with E-state index >= 15 is 0 Å². The number of hydrogen-bond acceptors (Lipinski definition) is 4. The quantitative estimate of drug-likeness (QED) is 0.639. The summed E-state index contributed by atoms with van der Waals surface area (Å²) >= 11 is 0. The summed E-state index contributed by atoms with van der Waals surface area (Å²) in [6, 6.07) is 14.3. The molecule has 0 saturated carbocycles.